The summed E-state index contributed by atoms with van der Waals surface area (Å²) in [4.78, 5) is 22.0. The molecule has 0 spiro atoms. The molecule has 0 atom stereocenters. The Labute approximate surface area is 174 Å². The summed E-state index contributed by atoms with van der Waals surface area (Å²) in [6.07, 6.45) is 12.2. The van der Waals surface area contributed by atoms with Crippen LogP contribution in [0.25, 0.3) is 0 Å². The molecular weight excluding hydrogens is 360 g/mol. The van der Waals surface area contributed by atoms with E-state index in [1.807, 2.05) is 36.4 Å². The third-order valence-corrected chi connectivity index (χ3v) is 6.03. The van der Waals surface area contributed by atoms with Gasteiger partial charge >= 0.3 is 0 Å². The molecule has 2 aromatic rings. The fourth-order valence-corrected chi connectivity index (χ4v) is 4.46. The Bertz CT molecular complexity index is 816. The minimum absolute atomic E-state index is 0.0601. The minimum atomic E-state index is -0.0601. The van der Waals surface area contributed by atoms with Gasteiger partial charge in [0.25, 0.3) is 5.91 Å². The Morgan fingerprint density at radius 1 is 0.862 bits per heavy atom. The fourth-order valence-electron chi connectivity index (χ4n) is 4.46. The van der Waals surface area contributed by atoms with Gasteiger partial charge in [0.2, 0.25) is 0 Å². The SMILES string of the molecule is O=C1Nc2cccnc2N(CCCCCCCN2CCCCC2)c2ccccc21. The number of rotatable bonds is 8. The molecule has 1 aromatic heterocycles. The van der Waals surface area contributed by atoms with E-state index in [0.717, 1.165) is 30.2 Å². The molecule has 1 N–H and O–H groups in total. The normalized spacial score (nSPS) is 16.7. The van der Waals surface area contributed by atoms with Crippen LogP contribution in [0.15, 0.2) is 42.6 Å². The van der Waals surface area contributed by atoms with E-state index < -0.39 is 0 Å². The third-order valence-electron chi connectivity index (χ3n) is 6.03. The lowest BCUT2D eigenvalue weighted by atomic mass is 10.1. The molecule has 0 unspecified atom stereocenters. The molecule has 1 saturated heterocycles. The standard InChI is InChI=1S/C24H32N4O/c29-24-20-12-5-6-14-22(20)28(23-21(26-24)13-11-15-25-23)19-10-3-1-2-7-16-27-17-8-4-9-18-27/h5-6,11-15H,1-4,7-10,16-19H2,(H,26,29). The highest BCUT2D eigenvalue weighted by Gasteiger charge is 2.25. The number of para-hydroxylation sites is 1. The molecule has 3 heterocycles. The number of fused-ring (bicyclic) bond motifs is 2. The van der Waals surface area contributed by atoms with Gasteiger partial charge in [0.1, 0.15) is 0 Å². The van der Waals surface area contributed by atoms with E-state index >= 15 is 0 Å². The summed E-state index contributed by atoms with van der Waals surface area (Å²) < 4.78 is 0. The maximum atomic E-state index is 12.6. The number of anilines is 3. The van der Waals surface area contributed by atoms with Gasteiger partial charge in [-0.05, 0) is 69.6 Å². The number of benzene rings is 1. The molecule has 154 valence electrons. The van der Waals surface area contributed by atoms with E-state index in [-0.39, 0.29) is 5.91 Å². The van der Waals surface area contributed by atoms with E-state index in [4.69, 9.17) is 0 Å². The first-order chi connectivity index (χ1) is 14.3. The summed E-state index contributed by atoms with van der Waals surface area (Å²) in [5, 5.41) is 3.01. The van der Waals surface area contributed by atoms with E-state index in [2.05, 4.69) is 20.1 Å². The Balaban J connectivity index is 1.31. The molecule has 0 aliphatic carbocycles. The molecular formula is C24H32N4O. The molecule has 0 saturated carbocycles. The van der Waals surface area contributed by atoms with Crippen LogP contribution in [-0.4, -0.2) is 42.0 Å². The number of unbranched alkanes of at least 4 members (excludes halogenated alkanes) is 4. The van der Waals surface area contributed by atoms with Crippen LogP contribution in [0.3, 0.4) is 0 Å². The zero-order valence-electron chi connectivity index (χ0n) is 17.3. The smallest absolute Gasteiger partial charge is 0.257 e. The van der Waals surface area contributed by atoms with Gasteiger partial charge in [-0.25, -0.2) is 4.98 Å². The average molecular weight is 393 g/mol. The number of nitrogens with zero attached hydrogens (tertiary/aromatic N) is 3. The van der Waals surface area contributed by atoms with Gasteiger partial charge in [-0.3, -0.25) is 4.79 Å². The zero-order chi connectivity index (χ0) is 19.9. The van der Waals surface area contributed by atoms with Crippen LogP contribution in [0.1, 0.15) is 61.7 Å². The molecule has 1 fully saturated rings. The predicted molar refractivity (Wildman–Crippen MR) is 119 cm³/mol. The maximum absolute atomic E-state index is 12.6. The Kier molecular flexibility index (Phi) is 6.78. The van der Waals surface area contributed by atoms with E-state index in [0.29, 0.717) is 5.56 Å². The van der Waals surface area contributed by atoms with Crippen molar-refractivity contribution in [2.45, 2.75) is 51.4 Å². The number of nitrogens with one attached hydrogen (secondary N) is 1. The molecule has 5 nitrogen and oxygen atoms in total. The number of carbonyl (C=O) groups excluding carboxylic acids is 1. The van der Waals surface area contributed by atoms with E-state index in [1.165, 1.54) is 64.6 Å². The molecule has 29 heavy (non-hydrogen) atoms. The highest BCUT2D eigenvalue weighted by Crippen LogP contribution is 2.36. The maximum Gasteiger partial charge on any atom is 0.257 e. The summed E-state index contributed by atoms with van der Waals surface area (Å²) >= 11 is 0. The van der Waals surface area contributed by atoms with Crippen LogP contribution in [-0.2, 0) is 0 Å². The first-order valence-corrected chi connectivity index (χ1v) is 11.2. The fraction of sp³-hybridized carbons (Fsp3) is 0.500. The second-order valence-electron chi connectivity index (χ2n) is 8.17. The average Bonchev–Trinajstić information content (AvgIpc) is 2.88. The molecule has 5 heteroatoms. The van der Waals surface area contributed by atoms with Gasteiger partial charge in [-0.1, -0.05) is 37.8 Å². The van der Waals surface area contributed by atoms with Gasteiger partial charge in [0, 0.05) is 12.7 Å². The second-order valence-corrected chi connectivity index (χ2v) is 8.17. The predicted octanol–water partition coefficient (Wildman–Crippen LogP) is 5.22. The highest BCUT2D eigenvalue weighted by molar-refractivity contribution is 6.11. The summed E-state index contributed by atoms with van der Waals surface area (Å²) in [5.41, 5.74) is 2.45. The van der Waals surface area contributed by atoms with Crippen LogP contribution in [0.5, 0.6) is 0 Å². The second kappa shape index (κ2) is 9.88. The number of amides is 1. The molecule has 1 amide bonds. The Morgan fingerprint density at radius 3 is 2.48 bits per heavy atom. The Hall–Kier alpha value is -2.40. The van der Waals surface area contributed by atoms with Crippen molar-refractivity contribution in [2.24, 2.45) is 0 Å². The quantitative estimate of drug-likeness (QED) is 0.626. The van der Waals surface area contributed by atoms with Gasteiger partial charge in [-0.2, -0.15) is 0 Å². The number of hydrogen-bond acceptors (Lipinski definition) is 4. The first-order valence-electron chi connectivity index (χ1n) is 11.2. The number of hydrogen-bond donors (Lipinski definition) is 1. The van der Waals surface area contributed by atoms with Gasteiger partial charge < -0.3 is 15.1 Å². The van der Waals surface area contributed by atoms with Crippen molar-refractivity contribution < 1.29 is 4.79 Å². The lowest BCUT2D eigenvalue weighted by Crippen LogP contribution is -2.30. The minimum Gasteiger partial charge on any atom is -0.324 e. The van der Waals surface area contributed by atoms with Crippen molar-refractivity contribution >= 4 is 23.1 Å². The molecule has 2 aliphatic rings. The number of piperidine rings is 1. The molecule has 4 rings (SSSR count). The molecule has 1 aromatic carbocycles. The van der Waals surface area contributed by atoms with Crippen molar-refractivity contribution in [3.8, 4) is 0 Å². The summed E-state index contributed by atoms with van der Waals surface area (Å²) in [7, 11) is 0. The topological polar surface area (TPSA) is 48.5 Å². The van der Waals surface area contributed by atoms with Gasteiger partial charge in [0.05, 0.1) is 16.9 Å². The van der Waals surface area contributed by atoms with Crippen molar-refractivity contribution in [3.63, 3.8) is 0 Å². The van der Waals surface area contributed by atoms with Crippen molar-refractivity contribution in [2.75, 3.05) is 36.4 Å². The summed E-state index contributed by atoms with van der Waals surface area (Å²) in [5.74, 6) is 0.783. The molecule has 0 radical (unpaired) electrons. The van der Waals surface area contributed by atoms with Crippen LogP contribution >= 0.6 is 0 Å². The number of pyridine rings is 1. The van der Waals surface area contributed by atoms with Crippen LogP contribution in [0, 0.1) is 0 Å². The van der Waals surface area contributed by atoms with Gasteiger partial charge in [-0.15, -0.1) is 0 Å². The lowest BCUT2D eigenvalue weighted by Gasteiger charge is -2.26. The van der Waals surface area contributed by atoms with Crippen molar-refractivity contribution in [1.29, 1.82) is 0 Å². The van der Waals surface area contributed by atoms with Gasteiger partial charge in [0.15, 0.2) is 5.82 Å². The number of likely N-dealkylation sites (tertiary alicyclic amines) is 1. The van der Waals surface area contributed by atoms with E-state index in [1.54, 1.807) is 6.20 Å². The third kappa shape index (κ3) is 4.96. The van der Waals surface area contributed by atoms with Crippen LogP contribution < -0.4 is 10.2 Å². The summed E-state index contributed by atoms with van der Waals surface area (Å²) in [6.45, 7) is 4.74. The van der Waals surface area contributed by atoms with Crippen LogP contribution in [0.2, 0.25) is 0 Å². The van der Waals surface area contributed by atoms with Crippen molar-refractivity contribution in [1.82, 2.24) is 9.88 Å². The monoisotopic (exact) mass is 392 g/mol. The number of carbonyl (C=O) groups is 1. The Morgan fingerprint density at radius 2 is 1.62 bits per heavy atom. The highest BCUT2D eigenvalue weighted by atomic mass is 16.1. The first kappa shape index (κ1) is 19.9. The molecule has 2 aliphatic heterocycles. The lowest BCUT2D eigenvalue weighted by molar-refractivity contribution is 0.102. The largest absolute Gasteiger partial charge is 0.324 e. The van der Waals surface area contributed by atoms with Crippen molar-refractivity contribution in [3.05, 3.63) is 48.2 Å². The summed E-state index contributed by atoms with van der Waals surface area (Å²) in [6, 6.07) is 11.6. The zero-order valence-corrected chi connectivity index (χ0v) is 17.3. The molecule has 0 bridgehead atoms. The van der Waals surface area contributed by atoms with E-state index in [9.17, 15) is 4.79 Å². The number of aromatic nitrogens is 1. The van der Waals surface area contributed by atoms with Crippen LogP contribution in [0.4, 0.5) is 17.2 Å².